The molecule has 7 heteroatoms. The average Bonchev–Trinajstić information content (AvgIpc) is 3.37. The van der Waals surface area contributed by atoms with Crippen LogP contribution in [0.2, 0.25) is 0 Å². The van der Waals surface area contributed by atoms with Gasteiger partial charge in [-0.05, 0) is 42.3 Å². The summed E-state index contributed by atoms with van der Waals surface area (Å²) in [6.45, 7) is 5.76. The molecule has 2 aromatic heterocycles. The first-order valence-electron chi connectivity index (χ1n) is 12.7. The first-order valence-corrected chi connectivity index (χ1v) is 12.7. The summed E-state index contributed by atoms with van der Waals surface area (Å²) < 4.78 is 0. The molecular formula is C31H27N5O2. The topological polar surface area (TPSA) is 91.3 Å². The van der Waals surface area contributed by atoms with Gasteiger partial charge in [0.1, 0.15) is 0 Å². The van der Waals surface area contributed by atoms with Crippen molar-refractivity contribution in [1.29, 1.82) is 0 Å². The van der Waals surface area contributed by atoms with Gasteiger partial charge >= 0.3 is 0 Å². The molecule has 0 bridgehead atoms. The summed E-state index contributed by atoms with van der Waals surface area (Å²) in [4.78, 5) is 38.9. The van der Waals surface area contributed by atoms with E-state index in [-0.39, 0.29) is 23.4 Å². The molecule has 6 rings (SSSR count). The number of benzene rings is 3. The minimum absolute atomic E-state index is 0.0985. The fourth-order valence-corrected chi connectivity index (χ4v) is 5.16. The number of fused-ring (bicyclic) bond motifs is 2. The minimum Gasteiger partial charge on any atom is -0.321 e. The van der Waals surface area contributed by atoms with E-state index in [2.05, 4.69) is 21.0 Å². The Morgan fingerprint density at radius 2 is 1.71 bits per heavy atom. The maximum atomic E-state index is 13.7. The van der Waals surface area contributed by atoms with Crippen molar-refractivity contribution in [3.05, 3.63) is 106 Å². The molecule has 0 saturated heterocycles. The third kappa shape index (κ3) is 4.06. The van der Waals surface area contributed by atoms with Gasteiger partial charge in [0.15, 0.2) is 0 Å². The normalized spacial score (nSPS) is 15.4. The number of nitrogens with zero attached hydrogens (tertiary/aromatic N) is 4. The fraction of sp³-hybridized carbons (Fsp3) is 0.194. The van der Waals surface area contributed by atoms with Crippen LogP contribution in [-0.4, -0.2) is 31.6 Å². The Morgan fingerprint density at radius 3 is 2.47 bits per heavy atom. The third-order valence-electron chi connectivity index (χ3n) is 7.03. The van der Waals surface area contributed by atoms with Crippen molar-refractivity contribution in [2.45, 2.75) is 33.2 Å². The number of hydrazone groups is 1. The Labute approximate surface area is 219 Å². The second-order valence-electron chi connectivity index (χ2n) is 10.0. The van der Waals surface area contributed by atoms with E-state index in [1.165, 1.54) is 0 Å². The molecule has 0 unspecified atom stereocenters. The van der Waals surface area contributed by atoms with Crippen LogP contribution in [0.5, 0.6) is 0 Å². The number of rotatable bonds is 4. The van der Waals surface area contributed by atoms with Crippen LogP contribution in [0.3, 0.4) is 0 Å². The highest BCUT2D eigenvalue weighted by Crippen LogP contribution is 2.38. The zero-order valence-electron chi connectivity index (χ0n) is 21.5. The monoisotopic (exact) mass is 501 g/mol. The summed E-state index contributed by atoms with van der Waals surface area (Å²) in [5.41, 5.74) is 6.91. The van der Waals surface area contributed by atoms with Crippen molar-refractivity contribution in [1.82, 2.24) is 20.0 Å². The quantitative estimate of drug-likeness (QED) is 0.338. The first kappa shape index (κ1) is 23.7. The lowest BCUT2D eigenvalue weighted by molar-refractivity contribution is -0.136. The highest BCUT2D eigenvalue weighted by atomic mass is 16.2. The van der Waals surface area contributed by atoms with E-state index < -0.39 is 0 Å². The van der Waals surface area contributed by atoms with E-state index in [0.717, 1.165) is 44.2 Å². The van der Waals surface area contributed by atoms with Gasteiger partial charge in [-0.15, -0.1) is 0 Å². The standard InChI is InChI=1S/C31H27N5O2/c1-18(2)31(38)36-27(21-10-12-24-25(16-21)33-14-13-32-24)17-26(35-36)29-28(20-7-5-4-6-8-20)22-15-19(3)9-11-23(22)34-30(29)37/h4-16,18,27H,17H2,1-3H3,(H,34,37)/t27-/m0/s1. The summed E-state index contributed by atoms with van der Waals surface area (Å²) in [5, 5.41) is 7.33. The number of carbonyl (C=O) groups excluding carboxylic acids is 1. The van der Waals surface area contributed by atoms with Crippen LogP contribution in [0.25, 0.3) is 33.1 Å². The van der Waals surface area contributed by atoms with Gasteiger partial charge in [-0.25, -0.2) is 5.01 Å². The minimum atomic E-state index is -0.359. The Bertz CT molecular complexity index is 1790. The maximum Gasteiger partial charge on any atom is 0.258 e. The number of aromatic amines is 1. The molecule has 7 nitrogen and oxygen atoms in total. The number of amides is 1. The molecule has 3 heterocycles. The average molecular weight is 502 g/mol. The van der Waals surface area contributed by atoms with Crippen LogP contribution in [-0.2, 0) is 4.79 Å². The molecule has 0 radical (unpaired) electrons. The van der Waals surface area contributed by atoms with Crippen molar-refractivity contribution in [2.75, 3.05) is 0 Å². The van der Waals surface area contributed by atoms with Gasteiger partial charge in [-0.1, -0.05) is 61.9 Å². The lowest BCUT2D eigenvalue weighted by Crippen LogP contribution is -2.30. The molecule has 0 saturated carbocycles. The molecule has 3 aromatic carbocycles. The van der Waals surface area contributed by atoms with Gasteiger partial charge < -0.3 is 4.98 Å². The van der Waals surface area contributed by atoms with E-state index in [1.807, 2.05) is 81.4 Å². The lowest BCUT2D eigenvalue weighted by Gasteiger charge is -2.23. The second-order valence-corrected chi connectivity index (χ2v) is 10.0. The first-order chi connectivity index (χ1) is 18.4. The Hall–Kier alpha value is -4.65. The number of aromatic nitrogens is 3. The van der Waals surface area contributed by atoms with Gasteiger partial charge in [0.2, 0.25) is 5.91 Å². The van der Waals surface area contributed by atoms with Crippen molar-refractivity contribution >= 4 is 33.6 Å². The van der Waals surface area contributed by atoms with Crippen LogP contribution < -0.4 is 5.56 Å². The molecule has 0 spiro atoms. The third-order valence-corrected chi connectivity index (χ3v) is 7.03. The van der Waals surface area contributed by atoms with Crippen LogP contribution in [0, 0.1) is 12.8 Å². The van der Waals surface area contributed by atoms with Crippen LogP contribution in [0.1, 0.15) is 43.0 Å². The van der Waals surface area contributed by atoms with E-state index in [0.29, 0.717) is 17.7 Å². The number of hydrogen-bond acceptors (Lipinski definition) is 5. The van der Waals surface area contributed by atoms with Gasteiger partial charge in [-0.2, -0.15) is 5.10 Å². The van der Waals surface area contributed by atoms with Crippen LogP contribution in [0.4, 0.5) is 0 Å². The summed E-state index contributed by atoms with van der Waals surface area (Å²) in [7, 11) is 0. The Balaban J connectivity index is 1.56. The number of H-pyrrole nitrogens is 1. The summed E-state index contributed by atoms with van der Waals surface area (Å²) >= 11 is 0. The molecule has 1 amide bonds. The second kappa shape index (κ2) is 9.34. The smallest absolute Gasteiger partial charge is 0.258 e. The molecule has 1 aliphatic rings. The lowest BCUT2D eigenvalue weighted by atomic mass is 9.90. The van der Waals surface area contributed by atoms with E-state index in [1.54, 1.807) is 17.4 Å². The van der Waals surface area contributed by atoms with Gasteiger partial charge in [0.05, 0.1) is 28.4 Å². The predicted molar refractivity (Wildman–Crippen MR) is 150 cm³/mol. The molecule has 1 N–H and O–H groups in total. The fourth-order valence-electron chi connectivity index (χ4n) is 5.16. The Morgan fingerprint density at radius 1 is 0.947 bits per heavy atom. The molecule has 38 heavy (non-hydrogen) atoms. The molecule has 1 aliphatic heterocycles. The zero-order valence-corrected chi connectivity index (χ0v) is 21.5. The van der Waals surface area contributed by atoms with Gasteiger partial charge in [-0.3, -0.25) is 19.6 Å². The largest absolute Gasteiger partial charge is 0.321 e. The van der Waals surface area contributed by atoms with E-state index in [4.69, 9.17) is 5.10 Å². The van der Waals surface area contributed by atoms with Crippen molar-refractivity contribution < 1.29 is 4.79 Å². The zero-order chi connectivity index (χ0) is 26.4. The van der Waals surface area contributed by atoms with E-state index >= 15 is 0 Å². The summed E-state index contributed by atoms with van der Waals surface area (Å²) in [6.07, 6.45) is 3.72. The molecule has 0 fully saturated rings. The number of nitrogens with one attached hydrogen (secondary N) is 1. The van der Waals surface area contributed by atoms with Gasteiger partial charge in [0, 0.05) is 41.2 Å². The van der Waals surface area contributed by atoms with Crippen molar-refractivity contribution in [3.63, 3.8) is 0 Å². The molecule has 5 aromatic rings. The summed E-state index contributed by atoms with van der Waals surface area (Å²) in [5.74, 6) is -0.356. The molecule has 0 aliphatic carbocycles. The highest BCUT2D eigenvalue weighted by Gasteiger charge is 2.36. The van der Waals surface area contributed by atoms with Crippen molar-refractivity contribution in [3.8, 4) is 11.1 Å². The molecule has 188 valence electrons. The van der Waals surface area contributed by atoms with E-state index in [9.17, 15) is 9.59 Å². The predicted octanol–water partition coefficient (Wildman–Crippen LogP) is 5.78. The highest BCUT2D eigenvalue weighted by molar-refractivity contribution is 6.13. The Kier molecular flexibility index (Phi) is 5.83. The maximum absolute atomic E-state index is 13.7. The number of hydrogen-bond donors (Lipinski definition) is 1. The molecular weight excluding hydrogens is 474 g/mol. The molecule has 1 atom stereocenters. The number of carbonyl (C=O) groups is 1. The SMILES string of the molecule is Cc1ccc2[nH]c(=O)c(C3=NN(C(=O)C(C)C)[C@H](c4ccc5nccnc5c4)C3)c(-c3ccccc3)c2c1. The van der Waals surface area contributed by atoms with Crippen molar-refractivity contribution in [2.24, 2.45) is 11.0 Å². The van der Waals surface area contributed by atoms with Crippen LogP contribution >= 0.6 is 0 Å². The number of pyridine rings is 1. The van der Waals surface area contributed by atoms with Gasteiger partial charge in [0.25, 0.3) is 5.56 Å². The number of aryl methyl sites for hydroxylation is 1. The van der Waals surface area contributed by atoms with Crippen LogP contribution in [0.15, 0.2) is 89.0 Å². The summed E-state index contributed by atoms with van der Waals surface area (Å²) in [6, 6.07) is 21.4.